The van der Waals surface area contributed by atoms with Crippen molar-refractivity contribution in [1.82, 2.24) is 5.43 Å². The van der Waals surface area contributed by atoms with Crippen LogP contribution in [0.1, 0.15) is 21.7 Å². The Morgan fingerprint density at radius 3 is 2.63 bits per heavy atom. The Kier molecular flexibility index (Phi) is 5.90. The van der Waals surface area contributed by atoms with Gasteiger partial charge in [-0.3, -0.25) is 4.79 Å². The number of benzene rings is 3. The third kappa shape index (κ3) is 4.58. The zero-order valence-corrected chi connectivity index (χ0v) is 17.2. The van der Waals surface area contributed by atoms with E-state index in [-0.39, 0.29) is 18.2 Å². The molecule has 0 bridgehead atoms. The van der Waals surface area contributed by atoms with Gasteiger partial charge in [0.05, 0.1) is 6.21 Å². The Bertz CT molecular complexity index is 1220. The van der Waals surface area contributed by atoms with Crippen molar-refractivity contribution in [3.63, 3.8) is 0 Å². The van der Waals surface area contributed by atoms with Gasteiger partial charge in [-0.1, -0.05) is 42.5 Å². The van der Waals surface area contributed by atoms with Crippen LogP contribution in [0.15, 0.2) is 87.0 Å². The number of furan rings is 1. The van der Waals surface area contributed by atoms with Crippen molar-refractivity contribution in [3.8, 4) is 5.75 Å². The van der Waals surface area contributed by atoms with Crippen LogP contribution in [0.25, 0.3) is 10.8 Å². The highest BCUT2D eigenvalue weighted by Gasteiger charge is 2.11. The molecule has 1 heterocycles. The maximum atomic E-state index is 13.1. The number of hydrogen-bond acceptors (Lipinski definition) is 4. The zero-order valence-electron chi connectivity index (χ0n) is 15.6. The second-order valence-electron chi connectivity index (χ2n) is 6.42. The maximum Gasteiger partial charge on any atom is 0.307 e. The molecule has 0 spiro atoms. The third-order valence-electron chi connectivity index (χ3n) is 4.40. The van der Waals surface area contributed by atoms with Gasteiger partial charge in [0.2, 0.25) is 0 Å². The summed E-state index contributed by atoms with van der Waals surface area (Å²) in [6.45, 7) is 0.270. The molecule has 0 aliphatic carbocycles. The fraction of sp³-hybridized carbons (Fsp3) is 0.0435. The molecule has 0 aliphatic heterocycles. The van der Waals surface area contributed by atoms with Gasteiger partial charge >= 0.3 is 5.91 Å². The standard InChI is InChI=1S/C23H16BrFN2O3/c24-22-12-11-21(30-22)23(28)27-26-13-19-18-4-2-1-3-16(18)7-10-20(19)29-14-15-5-8-17(25)9-6-15/h1-13H,14H2,(H,27,28). The molecule has 3 aromatic carbocycles. The number of carbonyl (C=O) groups excluding carboxylic acids is 1. The van der Waals surface area contributed by atoms with Gasteiger partial charge in [-0.05, 0) is 62.6 Å². The Labute approximate surface area is 180 Å². The van der Waals surface area contributed by atoms with Crippen molar-refractivity contribution in [2.75, 3.05) is 0 Å². The first-order chi connectivity index (χ1) is 14.6. The van der Waals surface area contributed by atoms with Crippen LogP contribution in [-0.2, 0) is 6.61 Å². The van der Waals surface area contributed by atoms with E-state index in [4.69, 9.17) is 9.15 Å². The van der Waals surface area contributed by atoms with Crippen LogP contribution >= 0.6 is 15.9 Å². The van der Waals surface area contributed by atoms with Crippen LogP contribution in [0.4, 0.5) is 4.39 Å². The molecule has 1 amide bonds. The van der Waals surface area contributed by atoms with Gasteiger partial charge in [0.1, 0.15) is 18.2 Å². The number of ether oxygens (including phenoxy) is 1. The Morgan fingerprint density at radius 1 is 1.07 bits per heavy atom. The highest BCUT2D eigenvalue weighted by molar-refractivity contribution is 9.10. The Morgan fingerprint density at radius 2 is 1.87 bits per heavy atom. The van der Waals surface area contributed by atoms with E-state index in [9.17, 15) is 9.18 Å². The monoisotopic (exact) mass is 466 g/mol. The van der Waals surface area contributed by atoms with E-state index >= 15 is 0 Å². The van der Waals surface area contributed by atoms with Crippen LogP contribution in [0.2, 0.25) is 0 Å². The lowest BCUT2D eigenvalue weighted by molar-refractivity contribution is 0.0926. The summed E-state index contributed by atoms with van der Waals surface area (Å²) < 4.78 is 24.8. The zero-order chi connectivity index (χ0) is 20.9. The number of halogens is 2. The molecule has 0 fully saturated rings. The van der Waals surface area contributed by atoms with E-state index in [0.717, 1.165) is 21.9 Å². The Balaban J connectivity index is 1.58. The average molecular weight is 467 g/mol. The lowest BCUT2D eigenvalue weighted by Gasteiger charge is -2.12. The molecule has 4 aromatic rings. The number of nitrogens with zero attached hydrogens (tertiary/aromatic N) is 1. The number of nitrogens with one attached hydrogen (secondary N) is 1. The van der Waals surface area contributed by atoms with Crippen LogP contribution in [0, 0.1) is 5.82 Å². The number of rotatable bonds is 6. The van der Waals surface area contributed by atoms with Gasteiger partial charge in [-0.2, -0.15) is 5.10 Å². The molecule has 1 N–H and O–H groups in total. The molecule has 0 saturated carbocycles. The minimum atomic E-state index is -0.467. The first-order valence-corrected chi connectivity index (χ1v) is 9.87. The van der Waals surface area contributed by atoms with Crippen LogP contribution < -0.4 is 10.2 Å². The summed E-state index contributed by atoms with van der Waals surface area (Å²) in [6.07, 6.45) is 1.54. The fourth-order valence-corrected chi connectivity index (χ4v) is 3.23. The summed E-state index contributed by atoms with van der Waals surface area (Å²) in [5, 5.41) is 6.01. The van der Waals surface area contributed by atoms with E-state index < -0.39 is 5.91 Å². The number of fused-ring (bicyclic) bond motifs is 1. The number of amides is 1. The molecule has 5 nitrogen and oxygen atoms in total. The van der Waals surface area contributed by atoms with Gasteiger partial charge in [0, 0.05) is 5.56 Å². The molecule has 0 aliphatic rings. The highest BCUT2D eigenvalue weighted by atomic mass is 79.9. The van der Waals surface area contributed by atoms with Gasteiger partial charge in [0.25, 0.3) is 0 Å². The van der Waals surface area contributed by atoms with Gasteiger partial charge < -0.3 is 9.15 Å². The van der Waals surface area contributed by atoms with Gasteiger partial charge in [0.15, 0.2) is 10.4 Å². The molecule has 0 atom stereocenters. The third-order valence-corrected chi connectivity index (χ3v) is 4.82. The molecule has 30 heavy (non-hydrogen) atoms. The van der Waals surface area contributed by atoms with Gasteiger partial charge in [-0.25, -0.2) is 9.82 Å². The quantitative estimate of drug-likeness (QED) is 0.293. The lowest BCUT2D eigenvalue weighted by atomic mass is 10.0. The Hall–Kier alpha value is -3.45. The molecule has 4 rings (SSSR count). The molecule has 150 valence electrons. The van der Waals surface area contributed by atoms with Crippen molar-refractivity contribution in [2.24, 2.45) is 5.10 Å². The summed E-state index contributed by atoms with van der Waals surface area (Å²) >= 11 is 3.16. The first kappa shape index (κ1) is 19.8. The fourth-order valence-electron chi connectivity index (χ4n) is 2.92. The van der Waals surface area contributed by atoms with Crippen molar-refractivity contribution < 1.29 is 18.3 Å². The lowest BCUT2D eigenvalue weighted by Crippen LogP contribution is -2.16. The predicted molar refractivity (Wildman–Crippen MR) is 116 cm³/mol. The second-order valence-corrected chi connectivity index (χ2v) is 7.20. The molecule has 0 saturated heterocycles. The van der Waals surface area contributed by atoms with Crippen LogP contribution in [-0.4, -0.2) is 12.1 Å². The molecular formula is C23H16BrFN2O3. The first-order valence-electron chi connectivity index (χ1n) is 9.08. The molecule has 1 aromatic heterocycles. The number of carbonyl (C=O) groups is 1. The van der Waals surface area contributed by atoms with Crippen molar-refractivity contribution in [1.29, 1.82) is 0 Å². The van der Waals surface area contributed by atoms with Gasteiger partial charge in [-0.15, -0.1) is 0 Å². The molecule has 0 radical (unpaired) electrons. The van der Waals surface area contributed by atoms with E-state index in [2.05, 4.69) is 26.5 Å². The number of hydrogen-bond donors (Lipinski definition) is 1. The van der Waals surface area contributed by atoms with E-state index in [1.54, 1.807) is 24.3 Å². The van der Waals surface area contributed by atoms with Crippen molar-refractivity contribution >= 4 is 38.8 Å². The smallest absolute Gasteiger partial charge is 0.307 e. The minimum Gasteiger partial charge on any atom is -0.488 e. The average Bonchev–Trinajstić information content (AvgIpc) is 3.20. The second kappa shape index (κ2) is 8.92. The van der Waals surface area contributed by atoms with E-state index in [0.29, 0.717) is 10.4 Å². The van der Waals surface area contributed by atoms with Crippen molar-refractivity contribution in [2.45, 2.75) is 6.61 Å². The van der Waals surface area contributed by atoms with Crippen LogP contribution in [0.3, 0.4) is 0 Å². The minimum absolute atomic E-state index is 0.143. The summed E-state index contributed by atoms with van der Waals surface area (Å²) in [7, 11) is 0. The summed E-state index contributed by atoms with van der Waals surface area (Å²) in [4.78, 5) is 12.1. The molecule has 7 heteroatoms. The maximum absolute atomic E-state index is 13.1. The molecular weight excluding hydrogens is 451 g/mol. The predicted octanol–water partition coefficient (Wildman–Crippen LogP) is 5.68. The summed E-state index contributed by atoms with van der Waals surface area (Å²) in [5.74, 6) is -0.0240. The normalized spacial score (nSPS) is 11.1. The number of hydrazone groups is 1. The molecule has 0 unspecified atom stereocenters. The summed E-state index contributed by atoms with van der Waals surface area (Å²) in [6, 6.07) is 20.9. The van der Waals surface area contributed by atoms with Crippen molar-refractivity contribution in [3.05, 3.63) is 100 Å². The highest BCUT2D eigenvalue weighted by Crippen LogP contribution is 2.27. The largest absolute Gasteiger partial charge is 0.488 e. The van der Waals surface area contributed by atoms with E-state index in [1.165, 1.54) is 18.3 Å². The summed E-state index contributed by atoms with van der Waals surface area (Å²) in [5.41, 5.74) is 4.01. The van der Waals surface area contributed by atoms with Crippen LogP contribution in [0.5, 0.6) is 5.75 Å². The van der Waals surface area contributed by atoms with E-state index in [1.807, 2.05) is 36.4 Å². The topological polar surface area (TPSA) is 63.8 Å². The SMILES string of the molecule is O=C(NN=Cc1c(OCc2ccc(F)cc2)ccc2ccccc12)c1ccc(Br)o1.